The van der Waals surface area contributed by atoms with E-state index >= 15 is 0 Å². The highest BCUT2D eigenvalue weighted by Gasteiger charge is 2.11. The zero-order valence-corrected chi connectivity index (χ0v) is 12.8. The van der Waals surface area contributed by atoms with Gasteiger partial charge in [-0.1, -0.05) is 19.1 Å². The topological polar surface area (TPSA) is 38.3 Å². The van der Waals surface area contributed by atoms with Gasteiger partial charge in [0.05, 0.1) is 11.9 Å². The molecule has 0 heterocycles. The molecule has 1 atom stereocenters. The molecule has 0 aliphatic carbocycles. The molecule has 1 unspecified atom stereocenters. The lowest BCUT2D eigenvalue weighted by Gasteiger charge is -2.12. The summed E-state index contributed by atoms with van der Waals surface area (Å²) >= 11 is 1.62. The van der Waals surface area contributed by atoms with Crippen LogP contribution in [-0.4, -0.2) is 30.1 Å². The highest BCUT2D eigenvalue weighted by molar-refractivity contribution is 8.00. The summed E-state index contributed by atoms with van der Waals surface area (Å²) in [5, 5.41) is 2.88. The summed E-state index contributed by atoms with van der Waals surface area (Å²) in [6.07, 6.45) is 0.972. The van der Waals surface area contributed by atoms with Crippen molar-refractivity contribution in [1.29, 1.82) is 0 Å². The van der Waals surface area contributed by atoms with E-state index in [-0.39, 0.29) is 11.2 Å². The molecular weight excluding hydrogens is 258 g/mol. The maximum atomic E-state index is 11.6. The first-order chi connectivity index (χ1) is 9.13. The lowest BCUT2D eigenvalue weighted by molar-refractivity contribution is -0.120. The summed E-state index contributed by atoms with van der Waals surface area (Å²) in [6, 6.07) is 8.00. The molecule has 4 heteroatoms. The molecule has 0 spiro atoms. The summed E-state index contributed by atoms with van der Waals surface area (Å²) in [5.41, 5.74) is 1.19. The number of hydrogen-bond acceptors (Lipinski definition) is 3. The first-order valence-corrected chi connectivity index (χ1v) is 7.77. The van der Waals surface area contributed by atoms with Crippen molar-refractivity contribution in [3.63, 3.8) is 0 Å². The molecule has 0 aromatic heterocycles. The minimum atomic E-state index is -0.0207. The number of aryl methyl sites for hydroxylation is 1. The van der Waals surface area contributed by atoms with Crippen LogP contribution in [-0.2, 0) is 4.79 Å². The molecule has 0 saturated carbocycles. The van der Waals surface area contributed by atoms with Crippen LogP contribution in [0.3, 0.4) is 0 Å². The van der Waals surface area contributed by atoms with Gasteiger partial charge in [-0.05, 0) is 38.0 Å². The van der Waals surface area contributed by atoms with Gasteiger partial charge < -0.3 is 10.1 Å². The normalized spacial score (nSPS) is 11.9. The number of carbonyl (C=O) groups is 1. The first kappa shape index (κ1) is 15.9. The van der Waals surface area contributed by atoms with Gasteiger partial charge in [0, 0.05) is 12.3 Å². The molecule has 1 amide bonds. The molecule has 0 saturated heterocycles. The van der Waals surface area contributed by atoms with E-state index < -0.39 is 0 Å². The van der Waals surface area contributed by atoms with E-state index in [0.29, 0.717) is 6.61 Å². The summed E-state index contributed by atoms with van der Waals surface area (Å²) in [4.78, 5) is 11.6. The Labute approximate surface area is 120 Å². The van der Waals surface area contributed by atoms with Gasteiger partial charge in [0.2, 0.25) is 5.91 Å². The van der Waals surface area contributed by atoms with Crippen LogP contribution >= 0.6 is 11.8 Å². The highest BCUT2D eigenvalue weighted by Crippen LogP contribution is 2.14. The fourth-order valence-electron chi connectivity index (χ4n) is 1.56. The fraction of sp³-hybridized carbons (Fsp3) is 0.533. The minimum Gasteiger partial charge on any atom is -0.493 e. The highest BCUT2D eigenvalue weighted by atomic mass is 32.2. The third kappa shape index (κ3) is 6.53. The Hall–Kier alpha value is -1.16. The van der Waals surface area contributed by atoms with E-state index in [9.17, 15) is 4.79 Å². The van der Waals surface area contributed by atoms with E-state index in [2.05, 4.69) is 5.32 Å². The van der Waals surface area contributed by atoms with E-state index in [4.69, 9.17) is 4.74 Å². The van der Waals surface area contributed by atoms with E-state index in [1.54, 1.807) is 11.8 Å². The van der Waals surface area contributed by atoms with Gasteiger partial charge in [0.1, 0.15) is 5.75 Å². The van der Waals surface area contributed by atoms with Crippen molar-refractivity contribution in [2.45, 2.75) is 32.4 Å². The van der Waals surface area contributed by atoms with Crippen LogP contribution in [0.2, 0.25) is 0 Å². The Morgan fingerprint density at radius 1 is 1.47 bits per heavy atom. The molecule has 106 valence electrons. The maximum Gasteiger partial charge on any atom is 0.232 e. The van der Waals surface area contributed by atoms with Gasteiger partial charge >= 0.3 is 0 Å². The lowest BCUT2D eigenvalue weighted by atomic mass is 10.2. The predicted octanol–water partition coefficient (Wildman–Crippen LogP) is 3.02. The Kier molecular flexibility index (Phi) is 7.41. The largest absolute Gasteiger partial charge is 0.493 e. The van der Waals surface area contributed by atoms with Crippen LogP contribution in [0.15, 0.2) is 24.3 Å². The van der Waals surface area contributed by atoms with Crippen molar-refractivity contribution in [3.8, 4) is 5.75 Å². The number of benzene rings is 1. The third-order valence-electron chi connectivity index (χ3n) is 2.63. The molecule has 19 heavy (non-hydrogen) atoms. The van der Waals surface area contributed by atoms with Crippen molar-refractivity contribution >= 4 is 17.7 Å². The quantitative estimate of drug-likeness (QED) is 0.744. The molecule has 3 nitrogen and oxygen atoms in total. The van der Waals surface area contributed by atoms with E-state index in [1.165, 1.54) is 5.56 Å². The summed E-state index contributed by atoms with van der Waals surface area (Å²) in [7, 11) is 0. The summed E-state index contributed by atoms with van der Waals surface area (Å²) in [5.74, 6) is 1.82. The van der Waals surface area contributed by atoms with Gasteiger partial charge in [0.25, 0.3) is 0 Å². The Bertz CT molecular complexity index is 395. The van der Waals surface area contributed by atoms with E-state index in [1.807, 2.05) is 45.0 Å². The first-order valence-electron chi connectivity index (χ1n) is 6.72. The van der Waals surface area contributed by atoms with Crippen LogP contribution in [0.4, 0.5) is 0 Å². The Morgan fingerprint density at radius 3 is 2.95 bits per heavy atom. The lowest BCUT2D eigenvalue weighted by Crippen LogP contribution is -2.31. The average molecular weight is 281 g/mol. The van der Waals surface area contributed by atoms with Gasteiger partial charge in [-0.25, -0.2) is 0 Å². The summed E-state index contributed by atoms with van der Waals surface area (Å²) in [6.45, 7) is 7.40. The van der Waals surface area contributed by atoms with Crippen LogP contribution in [0, 0.1) is 6.92 Å². The van der Waals surface area contributed by atoms with Gasteiger partial charge in [-0.3, -0.25) is 4.79 Å². The van der Waals surface area contributed by atoms with Gasteiger partial charge in [-0.15, -0.1) is 11.8 Å². The zero-order chi connectivity index (χ0) is 14.1. The molecule has 0 radical (unpaired) electrons. The second-order valence-corrected chi connectivity index (χ2v) is 5.92. The van der Waals surface area contributed by atoms with Crippen molar-refractivity contribution in [2.24, 2.45) is 0 Å². The monoisotopic (exact) mass is 281 g/mol. The van der Waals surface area contributed by atoms with Gasteiger partial charge in [-0.2, -0.15) is 0 Å². The molecule has 1 N–H and O–H groups in total. The van der Waals surface area contributed by atoms with Gasteiger partial charge in [0.15, 0.2) is 0 Å². The number of ether oxygens (including phenoxy) is 1. The zero-order valence-electron chi connectivity index (χ0n) is 11.9. The number of rotatable bonds is 8. The van der Waals surface area contributed by atoms with Crippen LogP contribution in [0.25, 0.3) is 0 Å². The second kappa shape index (κ2) is 8.86. The maximum absolute atomic E-state index is 11.6. The SMILES string of the molecule is CCCNC(=O)C(C)SCCOc1cccc(C)c1. The molecule has 0 aliphatic rings. The molecule has 1 aromatic carbocycles. The number of nitrogens with one attached hydrogen (secondary N) is 1. The third-order valence-corrected chi connectivity index (χ3v) is 3.74. The molecule has 0 fully saturated rings. The van der Waals surface area contributed by atoms with Crippen molar-refractivity contribution in [3.05, 3.63) is 29.8 Å². The number of hydrogen-bond donors (Lipinski definition) is 1. The van der Waals surface area contributed by atoms with Crippen molar-refractivity contribution in [2.75, 3.05) is 18.9 Å². The fourth-order valence-corrected chi connectivity index (χ4v) is 2.32. The predicted molar refractivity (Wildman–Crippen MR) is 81.9 cm³/mol. The van der Waals surface area contributed by atoms with Crippen LogP contribution in [0.5, 0.6) is 5.75 Å². The number of thioether (sulfide) groups is 1. The smallest absolute Gasteiger partial charge is 0.232 e. The van der Waals surface area contributed by atoms with Crippen LogP contribution in [0.1, 0.15) is 25.8 Å². The van der Waals surface area contributed by atoms with Crippen molar-refractivity contribution in [1.82, 2.24) is 5.32 Å². The minimum absolute atomic E-state index is 0.0207. The molecule has 1 aromatic rings. The van der Waals surface area contributed by atoms with Crippen molar-refractivity contribution < 1.29 is 9.53 Å². The molecule has 1 rings (SSSR count). The standard InChI is InChI=1S/C15H23NO2S/c1-4-8-16-15(17)13(3)19-10-9-18-14-7-5-6-12(2)11-14/h5-7,11,13H,4,8-10H2,1-3H3,(H,16,17). The van der Waals surface area contributed by atoms with Crippen LogP contribution < -0.4 is 10.1 Å². The molecule has 0 bridgehead atoms. The number of carbonyl (C=O) groups excluding carboxylic acids is 1. The van der Waals surface area contributed by atoms with E-state index in [0.717, 1.165) is 24.5 Å². The second-order valence-electron chi connectivity index (χ2n) is 4.47. The Morgan fingerprint density at radius 2 is 2.26 bits per heavy atom. The average Bonchev–Trinajstić information content (AvgIpc) is 2.40. The number of amides is 1. The molecule has 0 aliphatic heterocycles. The molecular formula is C15H23NO2S. The summed E-state index contributed by atoms with van der Waals surface area (Å²) < 4.78 is 5.65. The Balaban J connectivity index is 2.18.